The van der Waals surface area contributed by atoms with Crippen molar-refractivity contribution in [2.45, 2.75) is 26.2 Å². The Morgan fingerprint density at radius 3 is 2.64 bits per heavy atom. The normalized spacial score (nSPS) is 20.2. The lowest BCUT2D eigenvalue weighted by atomic mass is 10.0. The van der Waals surface area contributed by atoms with Crippen LogP contribution in [0.25, 0.3) is 0 Å². The first kappa shape index (κ1) is 9.01. The minimum atomic E-state index is 0.615. The number of hydrogen-bond acceptors (Lipinski definition) is 2. The Balaban J connectivity index is 2.04. The molecule has 0 spiro atoms. The lowest BCUT2D eigenvalue weighted by Gasteiger charge is -2.13. The average molecular weight is 157 g/mol. The largest absolute Gasteiger partial charge is 0.382 e. The van der Waals surface area contributed by atoms with Gasteiger partial charge in [0.2, 0.25) is 0 Å². The molecule has 0 aromatic heterocycles. The van der Waals surface area contributed by atoms with Crippen LogP contribution in [-0.2, 0) is 4.74 Å². The van der Waals surface area contributed by atoms with Gasteiger partial charge in [-0.2, -0.15) is 0 Å². The third-order valence-electron chi connectivity index (χ3n) is 2.49. The van der Waals surface area contributed by atoms with Crippen LogP contribution in [-0.4, -0.2) is 26.8 Å². The zero-order valence-electron chi connectivity index (χ0n) is 7.65. The van der Waals surface area contributed by atoms with Gasteiger partial charge in [0.1, 0.15) is 0 Å². The quantitative estimate of drug-likeness (QED) is 0.589. The molecule has 2 nitrogen and oxygen atoms in total. The van der Waals surface area contributed by atoms with Gasteiger partial charge >= 0.3 is 0 Å². The number of nitrogens with one attached hydrogen (secondary N) is 1. The lowest BCUT2D eigenvalue weighted by Crippen LogP contribution is -2.21. The van der Waals surface area contributed by atoms with Crippen molar-refractivity contribution in [3.05, 3.63) is 0 Å². The minimum absolute atomic E-state index is 0.615. The maximum Gasteiger partial charge on any atom is 0.0471 e. The molecule has 0 aliphatic heterocycles. The van der Waals surface area contributed by atoms with Crippen molar-refractivity contribution in [3.8, 4) is 0 Å². The van der Waals surface area contributed by atoms with Gasteiger partial charge in [0.15, 0.2) is 0 Å². The fourth-order valence-electron chi connectivity index (χ4n) is 1.50. The summed E-state index contributed by atoms with van der Waals surface area (Å²) in [6.45, 7) is 5.02. The van der Waals surface area contributed by atoms with E-state index in [0.29, 0.717) is 5.41 Å². The Hall–Kier alpha value is -0.0800. The predicted octanol–water partition coefficient (Wildman–Crippen LogP) is 1.41. The zero-order chi connectivity index (χ0) is 8.16. The zero-order valence-corrected chi connectivity index (χ0v) is 7.65. The first-order valence-electron chi connectivity index (χ1n) is 4.55. The highest BCUT2D eigenvalue weighted by Crippen LogP contribution is 2.47. The molecule has 0 bridgehead atoms. The molecule has 1 saturated carbocycles. The smallest absolute Gasteiger partial charge is 0.0471 e. The minimum Gasteiger partial charge on any atom is -0.382 e. The van der Waals surface area contributed by atoms with Crippen LogP contribution in [0, 0.1) is 5.41 Å². The average Bonchev–Trinajstić information content (AvgIpc) is 2.71. The van der Waals surface area contributed by atoms with Crippen molar-refractivity contribution >= 4 is 0 Å². The van der Waals surface area contributed by atoms with Gasteiger partial charge in [-0.1, -0.05) is 0 Å². The summed E-state index contributed by atoms with van der Waals surface area (Å²) in [5, 5.41) is 3.24. The molecule has 1 rings (SSSR count). The standard InChI is InChI=1S/C9H19NO/c1-3-11-7-6-9(4-5-9)8-10-2/h10H,3-8H2,1-2H3. The molecule has 0 heterocycles. The van der Waals surface area contributed by atoms with Crippen LogP contribution in [0.5, 0.6) is 0 Å². The van der Waals surface area contributed by atoms with Crippen molar-refractivity contribution in [3.63, 3.8) is 0 Å². The van der Waals surface area contributed by atoms with Crippen molar-refractivity contribution in [2.75, 3.05) is 26.8 Å². The second-order valence-corrected chi connectivity index (χ2v) is 3.48. The third kappa shape index (κ3) is 2.80. The van der Waals surface area contributed by atoms with Gasteiger partial charge < -0.3 is 10.1 Å². The molecule has 66 valence electrons. The maximum absolute atomic E-state index is 5.33. The molecule has 0 unspecified atom stereocenters. The molecule has 2 heteroatoms. The van der Waals surface area contributed by atoms with Crippen LogP contribution in [0.2, 0.25) is 0 Å². The maximum atomic E-state index is 5.33. The molecule has 0 radical (unpaired) electrons. The van der Waals surface area contributed by atoms with Gasteiger partial charge in [-0.05, 0) is 38.6 Å². The highest BCUT2D eigenvalue weighted by atomic mass is 16.5. The second-order valence-electron chi connectivity index (χ2n) is 3.48. The molecule has 1 N–H and O–H groups in total. The van der Waals surface area contributed by atoms with Crippen LogP contribution in [0.15, 0.2) is 0 Å². The van der Waals surface area contributed by atoms with Gasteiger partial charge in [0, 0.05) is 19.8 Å². The monoisotopic (exact) mass is 157 g/mol. The Labute approximate surface area is 69.3 Å². The number of hydrogen-bond donors (Lipinski definition) is 1. The summed E-state index contributed by atoms with van der Waals surface area (Å²) in [7, 11) is 2.03. The van der Waals surface area contributed by atoms with E-state index in [1.807, 2.05) is 7.05 Å². The van der Waals surface area contributed by atoms with E-state index in [1.165, 1.54) is 25.8 Å². The molecule has 0 aromatic carbocycles. The topological polar surface area (TPSA) is 21.3 Å². The number of rotatable bonds is 6. The Bertz CT molecular complexity index is 110. The molecule has 0 saturated heterocycles. The summed E-state index contributed by atoms with van der Waals surface area (Å²) in [5.74, 6) is 0. The van der Waals surface area contributed by atoms with E-state index in [0.717, 1.165) is 13.2 Å². The van der Waals surface area contributed by atoms with E-state index in [2.05, 4.69) is 12.2 Å². The highest BCUT2D eigenvalue weighted by molar-refractivity contribution is 4.94. The van der Waals surface area contributed by atoms with Crippen LogP contribution < -0.4 is 5.32 Å². The van der Waals surface area contributed by atoms with Crippen molar-refractivity contribution in [1.29, 1.82) is 0 Å². The summed E-state index contributed by atoms with van der Waals surface area (Å²) in [5.41, 5.74) is 0.615. The van der Waals surface area contributed by atoms with Crippen molar-refractivity contribution in [1.82, 2.24) is 5.32 Å². The van der Waals surface area contributed by atoms with E-state index in [-0.39, 0.29) is 0 Å². The predicted molar refractivity (Wildman–Crippen MR) is 46.7 cm³/mol. The first-order valence-corrected chi connectivity index (χ1v) is 4.55. The summed E-state index contributed by atoms with van der Waals surface area (Å²) in [4.78, 5) is 0. The number of ether oxygens (including phenoxy) is 1. The second kappa shape index (κ2) is 4.07. The fraction of sp³-hybridized carbons (Fsp3) is 1.00. The third-order valence-corrected chi connectivity index (χ3v) is 2.49. The van der Waals surface area contributed by atoms with Gasteiger partial charge in [0.05, 0.1) is 0 Å². The van der Waals surface area contributed by atoms with Gasteiger partial charge in [-0.3, -0.25) is 0 Å². The lowest BCUT2D eigenvalue weighted by molar-refractivity contribution is 0.128. The molecule has 1 aliphatic carbocycles. The highest BCUT2D eigenvalue weighted by Gasteiger charge is 2.40. The molecule has 0 amide bonds. The molecule has 0 atom stereocenters. The molecule has 0 aromatic rings. The molecular weight excluding hydrogens is 138 g/mol. The van der Waals surface area contributed by atoms with E-state index in [4.69, 9.17) is 4.74 Å². The van der Waals surface area contributed by atoms with Gasteiger partial charge in [0.25, 0.3) is 0 Å². The van der Waals surface area contributed by atoms with Crippen LogP contribution in [0.1, 0.15) is 26.2 Å². The Morgan fingerprint density at radius 2 is 2.18 bits per heavy atom. The Kier molecular flexibility index (Phi) is 3.34. The van der Waals surface area contributed by atoms with Crippen LogP contribution in [0.3, 0.4) is 0 Å². The molecule has 1 fully saturated rings. The van der Waals surface area contributed by atoms with Crippen molar-refractivity contribution < 1.29 is 4.74 Å². The van der Waals surface area contributed by atoms with Crippen LogP contribution in [0.4, 0.5) is 0 Å². The van der Waals surface area contributed by atoms with Gasteiger partial charge in [-0.25, -0.2) is 0 Å². The summed E-state index contributed by atoms with van der Waals surface area (Å²) in [6, 6.07) is 0. The van der Waals surface area contributed by atoms with Gasteiger partial charge in [-0.15, -0.1) is 0 Å². The molecular formula is C9H19NO. The summed E-state index contributed by atoms with van der Waals surface area (Å²) < 4.78 is 5.33. The molecule has 1 aliphatic rings. The van der Waals surface area contributed by atoms with E-state index in [9.17, 15) is 0 Å². The Morgan fingerprint density at radius 1 is 1.45 bits per heavy atom. The van der Waals surface area contributed by atoms with E-state index < -0.39 is 0 Å². The summed E-state index contributed by atoms with van der Waals surface area (Å²) in [6.07, 6.45) is 4.02. The fourth-order valence-corrected chi connectivity index (χ4v) is 1.50. The SMILES string of the molecule is CCOCCC1(CNC)CC1. The summed E-state index contributed by atoms with van der Waals surface area (Å²) >= 11 is 0. The molecule has 11 heavy (non-hydrogen) atoms. The van der Waals surface area contributed by atoms with E-state index >= 15 is 0 Å². The first-order chi connectivity index (χ1) is 5.33. The van der Waals surface area contributed by atoms with Crippen LogP contribution >= 0.6 is 0 Å². The van der Waals surface area contributed by atoms with Crippen molar-refractivity contribution in [2.24, 2.45) is 5.41 Å². The van der Waals surface area contributed by atoms with E-state index in [1.54, 1.807) is 0 Å².